The summed E-state index contributed by atoms with van der Waals surface area (Å²) in [5.74, 6) is 0. The zero-order valence-corrected chi connectivity index (χ0v) is 15.1. The third-order valence-corrected chi connectivity index (χ3v) is 5.57. The van der Waals surface area contributed by atoms with Gasteiger partial charge in [0.15, 0.2) is 0 Å². The maximum Gasteiger partial charge on any atom is 0.247 e. The maximum absolute atomic E-state index is 11.7. The number of fused-ring (bicyclic) bond motifs is 2. The molecule has 0 saturated heterocycles. The number of sulfone groups is 1. The van der Waals surface area contributed by atoms with E-state index < -0.39 is 9.84 Å². The third-order valence-electron chi connectivity index (χ3n) is 4.71. The van der Waals surface area contributed by atoms with Crippen LogP contribution >= 0.6 is 0 Å². The molecule has 7 heteroatoms. The van der Waals surface area contributed by atoms with Crippen molar-refractivity contribution in [1.82, 2.24) is 19.4 Å². The molecule has 6 nitrogen and oxygen atoms in total. The smallest absolute Gasteiger partial charge is 0.247 e. The first-order valence-corrected chi connectivity index (χ1v) is 10.1. The largest absolute Gasteiger partial charge is 0.350 e. The molecular formula is C18H20N4O2S. The average molecular weight is 356 g/mol. The predicted molar refractivity (Wildman–Crippen MR) is 95.9 cm³/mol. The summed E-state index contributed by atoms with van der Waals surface area (Å²) in [5.41, 5.74) is 4.36. The van der Waals surface area contributed by atoms with Crippen LogP contribution in [0.5, 0.6) is 0 Å². The Kier molecular flexibility index (Phi) is 3.85. The molecule has 0 unspecified atom stereocenters. The Morgan fingerprint density at radius 1 is 1.24 bits per heavy atom. The molecule has 1 aliphatic rings. The van der Waals surface area contributed by atoms with Gasteiger partial charge in [0, 0.05) is 56.2 Å². The van der Waals surface area contributed by atoms with E-state index >= 15 is 0 Å². The van der Waals surface area contributed by atoms with E-state index in [-0.39, 0.29) is 5.16 Å². The molecule has 0 fully saturated rings. The zero-order chi connectivity index (χ0) is 17.6. The molecule has 0 amide bonds. The van der Waals surface area contributed by atoms with Gasteiger partial charge < -0.3 is 4.57 Å². The maximum atomic E-state index is 11.7. The van der Waals surface area contributed by atoms with Gasteiger partial charge in [0.25, 0.3) is 0 Å². The van der Waals surface area contributed by atoms with Crippen LogP contribution in [0.15, 0.2) is 41.8 Å². The van der Waals surface area contributed by atoms with Gasteiger partial charge in [0.2, 0.25) is 15.0 Å². The molecule has 0 spiro atoms. The van der Waals surface area contributed by atoms with E-state index in [0.717, 1.165) is 37.0 Å². The van der Waals surface area contributed by atoms with Crippen LogP contribution in [-0.4, -0.2) is 40.7 Å². The fraction of sp³-hybridized carbons (Fsp3) is 0.333. The number of aromatic nitrogens is 3. The van der Waals surface area contributed by atoms with Crippen molar-refractivity contribution in [1.29, 1.82) is 0 Å². The molecule has 0 aliphatic carbocycles. The number of aryl methyl sites for hydroxylation is 1. The van der Waals surface area contributed by atoms with Gasteiger partial charge in [0.05, 0.1) is 5.69 Å². The van der Waals surface area contributed by atoms with Crippen molar-refractivity contribution in [2.45, 2.75) is 24.7 Å². The average Bonchev–Trinajstić information content (AvgIpc) is 2.90. The monoisotopic (exact) mass is 356 g/mol. The van der Waals surface area contributed by atoms with Crippen LogP contribution in [0.4, 0.5) is 0 Å². The molecule has 0 saturated carbocycles. The lowest BCUT2D eigenvalue weighted by Gasteiger charge is -2.27. The van der Waals surface area contributed by atoms with Gasteiger partial charge in [-0.05, 0) is 23.6 Å². The van der Waals surface area contributed by atoms with Crippen LogP contribution in [-0.2, 0) is 36.4 Å². The Hall–Kier alpha value is -2.25. The summed E-state index contributed by atoms with van der Waals surface area (Å²) in [6.07, 6.45) is 5.81. The summed E-state index contributed by atoms with van der Waals surface area (Å²) in [7, 11) is -1.32. The number of hydrogen-bond donors (Lipinski definition) is 0. The van der Waals surface area contributed by atoms with Crippen LogP contribution < -0.4 is 0 Å². The van der Waals surface area contributed by atoms with Crippen molar-refractivity contribution in [2.75, 3.05) is 12.8 Å². The number of rotatable bonds is 3. The third kappa shape index (κ3) is 3.05. The molecule has 1 aromatic carbocycles. The lowest BCUT2D eigenvalue weighted by molar-refractivity contribution is 0.240. The summed E-state index contributed by atoms with van der Waals surface area (Å²) in [5, 5.41) is 1.17. The van der Waals surface area contributed by atoms with E-state index in [1.165, 1.54) is 16.5 Å². The number of benzene rings is 1. The van der Waals surface area contributed by atoms with Crippen LogP contribution in [0.1, 0.15) is 16.8 Å². The van der Waals surface area contributed by atoms with Crippen LogP contribution in [0.3, 0.4) is 0 Å². The molecular weight excluding hydrogens is 336 g/mol. The summed E-state index contributed by atoms with van der Waals surface area (Å²) in [6.45, 7) is 2.38. The van der Waals surface area contributed by atoms with Gasteiger partial charge in [-0.15, -0.1) is 0 Å². The van der Waals surface area contributed by atoms with E-state index in [1.54, 1.807) is 6.20 Å². The fourth-order valence-corrected chi connectivity index (χ4v) is 3.97. The van der Waals surface area contributed by atoms with Crippen molar-refractivity contribution in [3.05, 3.63) is 53.5 Å². The van der Waals surface area contributed by atoms with E-state index in [0.29, 0.717) is 6.54 Å². The molecule has 130 valence electrons. The molecule has 0 atom stereocenters. The minimum absolute atomic E-state index is 0.0849. The van der Waals surface area contributed by atoms with Gasteiger partial charge in [-0.2, -0.15) is 0 Å². The number of hydrogen-bond acceptors (Lipinski definition) is 5. The van der Waals surface area contributed by atoms with Crippen LogP contribution in [0, 0.1) is 0 Å². The van der Waals surface area contributed by atoms with Crippen LogP contribution in [0.2, 0.25) is 0 Å². The van der Waals surface area contributed by atoms with Crippen molar-refractivity contribution >= 4 is 20.7 Å². The van der Waals surface area contributed by atoms with Gasteiger partial charge in [0.1, 0.15) is 0 Å². The topological polar surface area (TPSA) is 68.1 Å². The van der Waals surface area contributed by atoms with E-state index in [2.05, 4.69) is 50.9 Å². The first kappa shape index (κ1) is 16.2. The molecule has 25 heavy (non-hydrogen) atoms. The zero-order valence-electron chi connectivity index (χ0n) is 14.3. The predicted octanol–water partition coefficient (Wildman–Crippen LogP) is 1.93. The molecule has 3 aromatic rings. The van der Waals surface area contributed by atoms with Crippen molar-refractivity contribution in [3.63, 3.8) is 0 Å². The summed E-state index contributed by atoms with van der Waals surface area (Å²) in [4.78, 5) is 10.6. The highest BCUT2D eigenvalue weighted by Gasteiger charge is 2.22. The molecule has 2 aromatic heterocycles. The van der Waals surface area contributed by atoms with Crippen LogP contribution in [0.25, 0.3) is 10.9 Å². The van der Waals surface area contributed by atoms with E-state index in [1.807, 2.05) is 6.07 Å². The molecule has 3 heterocycles. The van der Waals surface area contributed by atoms with E-state index in [9.17, 15) is 8.42 Å². The van der Waals surface area contributed by atoms with Crippen molar-refractivity contribution < 1.29 is 8.42 Å². The standard InChI is InChI=1S/C18H20N4O2S/c1-21-10-14(15-5-3-4-6-17(15)21)11-22-8-7-13-9-19-18(25(2,23)24)20-16(13)12-22/h3-6,9-10H,7-8,11-12H2,1-2H3. The molecule has 1 aliphatic heterocycles. The number of nitrogens with zero attached hydrogens (tertiary/aromatic N) is 4. The van der Waals surface area contributed by atoms with Gasteiger partial charge in [-0.3, -0.25) is 4.90 Å². The Morgan fingerprint density at radius 2 is 2.04 bits per heavy atom. The highest BCUT2D eigenvalue weighted by molar-refractivity contribution is 7.90. The summed E-state index contributed by atoms with van der Waals surface area (Å²) in [6, 6.07) is 8.37. The SMILES string of the molecule is Cn1cc(CN2CCc3cnc(S(C)(=O)=O)nc3C2)c2ccccc21. The second-order valence-electron chi connectivity index (χ2n) is 6.64. The van der Waals surface area contributed by atoms with Gasteiger partial charge >= 0.3 is 0 Å². The normalized spacial score (nSPS) is 15.4. The second-order valence-corrected chi connectivity index (χ2v) is 8.55. The molecule has 0 radical (unpaired) electrons. The minimum Gasteiger partial charge on any atom is -0.350 e. The highest BCUT2D eigenvalue weighted by atomic mass is 32.2. The molecule has 0 bridgehead atoms. The van der Waals surface area contributed by atoms with E-state index in [4.69, 9.17) is 0 Å². The van der Waals surface area contributed by atoms with Crippen molar-refractivity contribution in [3.8, 4) is 0 Å². The Morgan fingerprint density at radius 3 is 2.84 bits per heavy atom. The molecule has 4 rings (SSSR count). The Bertz CT molecular complexity index is 1060. The summed E-state index contributed by atoms with van der Waals surface area (Å²) >= 11 is 0. The Balaban J connectivity index is 1.62. The first-order valence-electron chi connectivity index (χ1n) is 8.22. The highest BCUT2D eigenvalue weighted by Crippen LogP contribution is 2.24. The first-order chi connectivity index (χ1) is 11.9. The van der Waals surface area contributed by atoms with Gasteiger partial charge in [-0.1, -0.05) is 18.2 Å². The second kappa shape index (κ2) is 5.93. The lowest BCUT2D eigenvalue weighted by Crippen LogP contribution is -2.31. The minimum atomic E-state index is -3.38. The Labute approximate surface area is 147 Å². The quantitative estimate of drug-likeness (QED) is 0.671. The molecule has 0 N–H and O–H groups in total. The number of para-hydroxylation sites is 1. The lowest BCUT2D eigenvalue weighted by atomic mass is 10.1. The van der Waals surface area contributed by atoms with Gasteiger partial charge in [-0.25, -0.2) is 18.4 Å². The fourth-order valence-electron chi connectivity index (χ4n) is 3.45. The van der Waals surface area contributed by atoms with Crippen molar-refractivity contribution in [2.24, 2.45) is 7.05 Å². The summed E-state index contributed by atoms with van der Waals surface area (Å²) < 4.78 is 25.5.